The molecule has 0 aromatic heterocycles. The van der Waals surface area contributed by atoms with Gasteiger partial charge < -0.3 is 5.32 Å². The average molecular weight is 392 g/mol. The van der Waals surface area contributed by atoms with Gasteiger partial charge in [-0.1, -0.05) is 19.8 Å². The third kappa shape index (κ3) is 5.54. The number of nitrogens with zero attached hydrogens (tertiary/aromatic N) is 1. The van der Waals surface area contributed by atoms with E-state index >= 15 is 0 Å². The van der Waals surface area contributed by atoms with Crippen molar-refractivity contribution in [2.24, 2.45) is 5.92 Å². The van der Waals surface area contributed by atoms with E-state index in [0.717, 1.165) is 25.7 Å². The molecule has 0 bridgehead atoms. The van der Waals surface area contributed by atoms with E-state index in [1.54, 1.807) is 6.92 Å². The van der Waals surface area contributed by atoms with Crippen LogP contribution in [0.15, 0.2) is 0 Å². The largest absolute Gasteiger partial charge is 0.418 e. The first kappa shape index (κ1) is 20.4. The fourth-order valence-corrected chi connectivity index (χ4v) is 3.58. The van der Waals surface area contributed by atoms with Crippen LogP contribution in [-0.2, 0) is 24.3 Å². The molecule has 0 spiro atoms. The van der Waals surface area contributed by atoms with E-state index in [1.165, 1.54) is 0 Å². The summed E-state index contributed by atoms with van der Waals surface area (Å²) in [6.07, 6.45) is 4.35. The van der Waals surface area contributed by atoms with Gasteiger partial charge in [-0.25, -0.2) is 4.79 Å². The van der Waals surface area contributed by atoms with E-state index < -0.39 is 34.4 Å². The quantitative estimate of drug-likeness (QED) is 0.379. The number of hydrogen-bond donors (Lipinski definition) is 4. The van der Waals surface area contributed by atoms with E-state index in [9.17, 15) is 22.8 Å². The lowest BCUT2D eigenvalue weighted by Crippen LogP contribution is -2.54. The zero-order valence-corrected chi connectivity index (χ0v) is 15.3. The van der Waals surface area contributed by atoms with Crippen molar-refractivity contribution in [3.8, 4) is 0 Å². The first-order valence-electron chi connectivity index (χ1n) is 8.57. The highest BCUT2D eigenvalue weighted by atomic mass is 32.3. The van der Waals surface area contributed by atoms with Gasteiger partial charge in [-0.3, -0.25) is 25.0 Å². The fraction of sp³-hybridized carbons (Fsp3) is 0.786. The van der Waals surface area contributed by atoms with E-state index in [0.29, 0.717) is 11.5 Å². The monoisotopic (exact) mass is 392 g/mol. The molecule has 2 fully saturated rings. The highest BCUT2D eigenvalue weighted by Crippen LogP contribution is 2.24. The average Bonchev–Trinajstić information content (AvgIpc) is 3.06. The van der Waals surface area contributed by atoms with Gasteiger partial charge in [-0.05, 0) is 32.1 Å². The highest BCUT2D eigenvalue weighted by molar-refractivity contribution is 7.80. The van der Waals surface area contributed by atoms with Crippen LogP contribution in [0.5, 0.6) is 0 Å². The molecule has 1 saturated heterocycles. The topological polar surface area (TPSA) is 154 Å². The molecular formula is C14H24N4O7S. The predicted molar refractivity (Wildman–Crippen MR) is 88.3 cm³/mol. The summed E-state index contributed by atoms with van der Waals surface area (Å²) in [4.78, 5) is 36.3. The molecule has 2 aliphatic rings. The number of nitrogens with one attached hydrogen (secondary N) is 3. The van der Waals surface area contributed by atoms with Gasteiger partial charge in [0.05, 0.1) is 6.04 Å². The van der Waals surface area contributed by atoms with Gasteiger partial charge >= 0.3 is 16.4 Å². The van der Waals surface area contributed by atoms with Crippen LogP contribution in [0.1, 0.15) is 51.9 Å². The van der Waals surface area contributed by atoms with Gasteiger partial charge in [-0.2, -0.15) is 13.5 Å². The number of hydroxylamine groups is 2. The zero-order chi connectivity index (χ0) is 19.3. The van der Waals surface area contributed by atoms with Gasteiger partial charge in [0.15, 0.2) is 0 Å². The van der Waals surface area contributed by atoms with E-state index in [2.05, 4.69) is 20.5 Å². The summed E-state index contributed by atoms with van der Waals surface area (Å²) in [5.74, 6) is -1.01. The summed E-state index contributed by atoms with van der Waals surface area (Å²) in [6.45, 7) is 1.71. The summed E-state index contributed by atoms with van der Waals surface area (Å²) >= 11 is 0. The van der Waals surface area contributed by atoms with Gasteiger partial charge in [0, 0.05) is 5.92 Å². The summed E-state index contributed by atoms with van der Waals surface area (Å²) in [7, 11) is -4.88. The van der Waals surface area contributed by atoms with Crippen molar-refractivity contribution in [1.82, 2.24) is 21.2 Å². The van der Waals surface area contributed by atoms with Gasteiger partial charge in [-0.15, -0.1) is 4.28 Å². The first-order valence-corrected chi connectivity index (χ1v) is 9.94. The standard InChI is InChI=1S/C14H24N4O7S/c1-2-10-7-8-11(15-14(21)18(10)25-26(22,23)24)13(20)17-16-12(19)9-5-3-4-6-9/h9-11H,2-8H2,1H3,(H,15,21)(H,16,19)(H,17,20)(H,22,23,24)/t10-,11+/m1/s1. The molecule has 1 aliphatic carbocycles. The minimum absolute atomic E-state index is 0.123. The normalized spacial score (nSPS) is 24.7. The van der Waals surface area contributed by atoms with E-state index in [1.807, 2.05) is 0 Å². The molecule has 2 atom stereocenters. The molecule has 0 unspecified atom stereocenters. The SMILES string of the molecule is CC[C@@H]1CC[C@@H](C(=O)NNC(=O)C2CCCC2)NC(=O)N1OS(=O)(=O)O. The van der Waals surface area contributed by atoms with Crippen LogP contribution in [0.25, 0.3) is 0 Å². The lowest BCUT2D eigenvalue weighted by atomic mass is 10.1. The van der Waals surface area contributed by atoms with Crippen molar-refractivity contribution >= 4 is 28.2 Å². The Morgan fingerprint density at radius 2 is 1.81 bits per heavy atom. The van der Waals surface area contributed by atoms with Crippen LogP contribution in [0, 0.1) is 5.92 Å². The lowest BCUT2D eigenvalue weighted by Gasteiger charge is -2.25. The summed E-state index contributed by atoms with van der Waals surface area (Å²) in [5.41, 5.74) is 4.65. The van der Waals surface area contributed by atoms with Crippen molar-refractivity contribution in [2.75, 3.05) is 0 Å². The predicted octanol–water partition coefficient (Wildman–Crippen LogP) is 0.0110. The second-order valence-electron chi connectivity index (χ2n) is 6.43. The van der Waals surface area contributed by atoms with Crippen molar-refractivity contribution in [1.29, 1.82) is 0 Å². The van der Waals surface area contributed by atoms with Crippen molar-refractivity contribution < 1.29 is 31.6 Å². The van der Waals surface area contributed by atoms with Crippen molar-refractivity contribution in [3.63, 3.8) is 0 Å². The maximum Gasteiger partial charge on any atom is 0.418 e. The molecular weight excluding hydrogens is 368 g/mol. The summed E-state index contributed by atoms with van der Waals surface area (Å²) < 4.78 is 35.0. The Labute approximate surface area is 151 Å². The molecule has 12 heteroatoms. The number of urea groups is 1. The van der Waals surface area contributed by atoms with Gasteiger partial charge in [0.1, 0.15) is 6.04 Å². The second kappa shape index (κ2) is 8.64. The highest BCUT2D eigenvalue weighted by Gasteiger charge is 2.36. The molecule has 4 N–H and O–H groups in total. The minimum Gasteiger partial charge on any atom is -0.324 e. The molecule has 1 aliphatic heterocycles. The fourth-order valence-electron chi connectivity index (χ4n) is 3.19. The molecule has 0 aromatic carbocycles. The lowest BCUT2D eigenvalue weighted by molar-refractivity contribution is -0.132. The number of hydrazine groups is 1. The third-order valence-electron chi connectivity index (χ3n) is 4.62. The molecule has 1 saturated carbocycles. The second-order valence-corrected chi connectivity index (χ2v) is 7.43. The van der Waals surface area contributed by atoms with Crippen LogP contribution in [0.3, 0.4) is 0 Å². The number of carbonyl (C=O) groups is 3. The number of rotatable bonds is 5. The smallest absolute Gasteiger partial charge is 0.324 e. The zero-order valence-electron chi connectivity index (χ0n) is 14.4. The maximum atomic E-state index is 12.2. The first-order chi connectivity index (χ1) is 12.2. The summed E-state index contributed by atoms with van der Waals surface area (Å²) in [6, 6.07) is -2.58. The van der Waals surface area contributed by atoms with E-state index in [4.69, 9.17) is 4.55 Å². The Hall–Kier alpha value is -1.92. The van der Waals surface area contributed by atoms with E-state index in [-0.39, 0.29) is 24.7 Å². The molecule has 4 amide bonds. The molecule has 26 heavy (non-hydrogen) atoms. The Balaban J connectivity index is 1.94. The van der Waals surface area contributed by atoms with Crippen LogP contribution >= 0.6 is 0 Å². The maximum absolute atomic E-state index is 12.2. The van der Waals surface area contributed by atoms with Gasteiger partial charge in [0.25, 0.3) is 5.91 Å². The Morgan fingerprint density at radius 1 is 1.19 bits per heavy atom. The number of hydrogen-bond acceptors (Lipinski definition) is 6. The van der Waals surface area contributed by atoms with Crippen LogP contribution in [0.2, 0.25) is 0 Å². The van der Waals surface area contributed by atoms with Crippen LogP contribution < -0.4 is 16.2 Å². The molecule has 2 rings (SSSR count). The Kier molecular flexibility index (Phi) is 6.78. The molecule has 1 heterocycles. The molecule has 0 radical (unpaired) electrons. The van der Waals surface area contributed by atoms with Crippen LogP contribution in [0.4, 0.5) is 4.79 Å². The Bertz CT molecular complexity index is 648. The third-order valence-corrected chi connectivity index (χ3v) is 4.96. The number of carbonyl (C=O) groups excluding carboxylic acids is 3. The number of amides is 4. The van der Waals surface area contributed by atoms with Crippen LogP contribution in [-0.4, -0.2) is 48.0 Å². The van der Waals surface area contributed by atoms with Crippen molar-refractivity contribution in [3.05, 3.63) is 0 Å². The minimum atomic E-state index is -4.88. The molecule has 0 aromatic rings. The summed E-state index contributed by atoms with van der Waals surface area (Å²) in [5, 5.41) is 2.85. The molecule has 11 nitrogen and oxygen atoms in total. The Morgan fingerprint density at radius 3 is 2.38 bits per heavy atom. The molecule has 148 valence electrons. The van der Waals surface area contributed by atoms with Gasteiger partial charge in [0.2, 0.25) is 5.91 Å². The van der Waals surface area contributed by atoms with Crippen molar-refractivity contribution in [2.45, 2.75) is 64.0 Å².